The van der Waals surface area contributed by atoms with E-state index in [2.05, 4.69) is 5.32 Å². The molecule has 1 fully saturated rings. The molecule has 0 unspecified atom stereocenters. The number of nitrogens with one attached hydrogen (secondary N) is 1. The van der Waals surface area contributed by atoms with Crippen molar-refractivity contribution in [2.45, 2.75) is 13.0 Å². The molecule has 9 heteroatoms. The number of anilines is 1. The summed E-state index contributed by atoms with van der Waals surface area (Å²) in [5.74, 6) is -2.42. The molecule has 0 saturated carbocycles. The Hall–Kier alpha value is -2.19. The molecule has 0 bridgehead atoms. The molecule has 0 radical (unpaired) electrons. The molecule has 1 aromatic carbocycles. The number of carboxylic acids is 1. The summed E-state index contributed by atoms with van der Waals surface area (Å²) in [4.78, 5) is 24.7. The second kappa shape index (κ2) is 6.74. The van der Waals surface area contributed by atoms with Crippen molar-refractivity contribution in [1.29, 1.82) is 0 Å². The molecule has 2 aromatic rings. The molecule has 24 heavy (non-hydrogen) atoms. The van der Waals surface area contributed by atoms with Gasteiger partial charge < -0.3 is 15.3 Å². The number of halogens is 3. The first-order chi connectivity index (χ1) is 10.9. The highest BCUT2D eigenvalue weighted by Crippen LogP contribution is 2.27. The van der Waals surface area contributed by atoms with E-state index in [0.717, 1.165) is 0 Å². The maximum atomic E-state index is 14.7. The third-order valence-electron chi connectivity index (χ3n) is 3.98. The number of hydrogen-bond acceptors (Lipinski definition) is 4. The number of rotatable bonds is 2. The largest absolute Gasteiger partial charge is 0.477 e. The number of carboxylic acid groups (broad SMARTS) is 1. The van der Waals surface area contributed by atoms with Crippen molar-refractivity contribution >= 4 is 35.0 Å². The normalized spacial score (nSPS) is 17.6. The standard InChI is InChI=1S/C15H15F2N3O3.ClH/c1-8-6-19(5-4-18-8)11-3-2-9-13(12(11)16)20(17)7-10(14(9)21)15(22)23;/h2-3,7-8,18H,4-6H2,1H3,(H,22,23);1H/t8-;/m1./s1. The number of benzene rings is 1. The van der Waals surface area contributed by atoms with Gasteiger partial charge in [-0.15, -0.1) is 12.4 Å². The van der Waals surface area contributed by atoms with E-state index in [1.54, 1.807) is 4.90 Å². The molecule has 3 rings (SSSR count). The lowest BCUT2D eigenvalue weighted by Crippen LogP contribution is -2.49. The summed E-state index contributed by atoms with van der Waals surface area (Å²) in [5, 5.41) is 11.8. The van der Waals surface area contributed by atoms with E-state index >= 15 is 0 Å². The number of piperazine rings is 1. The summed E-state index contributed by atoms with van der Waals surface area (Å²) in [6, 6.07) is 2.81. The van der Waals surface area contributed by atoms with Crippen LogP contribution in [0.1, 0.15) is 17.3 Å². The Balaban J connectivity index is 0.00000208. The number of fused-ring (bicyclic) bond motifs is 1. The highest BCUT2D eigenvalue weighted by Gasteiger charge is 2.23. The van der Waals surface area contributed by atoms with Gasteiger partial charge in [-0.1, -0.05) is 4.48 Å². The zero-order valence-electron chi connectivity index (χ0n) is 12.8. The van der Waals surface area contributed by atoms with Crippen LogP contribution in [0.25, 0.3) is 10.9 Å². The van der Waals surface area contributed by atoms with Crippen LogP contribution in [-0.2, 0) is 0 Å². The summed E-state index contributed by atoms with van der Waals surface area (Å²) >= 11 is 0. The molecule has 0 aliphatic carbocycles. The number of carbonyl (C=O) groups is 1. The first kappa shape index (κ1) is 18.2. The molecule has 1 atom stereocenters. The van der Waals surface area contributed by atoms with Gasteiger partial charge >= 0.3 is 5.97 Å². The van der Waals surface area contributed by atoms with Crippen molar-refractivity contribution in [3.05, 3.63) is 39.9 Å². The van der Waals surface area contributed by atoms with Crippen LogP contribution in [0, 0.1) is 5.82 Å². The van der Waals surface area contributed by atoms with Gasteiger partial charge in [-0.3, -0.25) is 4.79 Å². The number of pyridine rings is 1. The number of hydrogen-bond donors (Lipinski definition) is 2. The van der Waals surface area contributed by atoms with E-state index < -0.39 is 28.3 Å². The molecule has 2 N–H and O–H groups in total. The summed E-state index contributed by atoms with van der Waals surface area (Å²) in [7, 11) is 0. The molecule has 130 valence electrons. The van der Waals surface area contributed by atoms with Crippen molar-refractivity contribution < 1.29 is 18.8 Å². The lowest BCUT2D eigenvalue weighted by atomic mass is 10.1. The van der Waals surface area contributed by atoms with Crippen molar-refractivity contribution in [2.24, 2.45) is 0 Å². The summed E-state index contributed by atoms with van der Waals surface area (Å²) in [5.41, 5.74) is -1.98. The van der Waals surface area contributed by atoms with E-state index in [-0.39, 0.29) is 34.3 Å². The highest BCUT2D eigenvalue weighted by atomic mass is 35.5. The van der Waals surface area contributed by atoms with E-state index in [1.165, 1.54) is 12.1 Å². The monoisotopic (exact) mass is 359 g/mol. The quantitative estimate of drug-likeness (QED) is 0.855. The second-order valence-corrected chi connectivity index (χ2v) is 5.58. The average molecular weight is 360 g/mol. The molecule has 1 saturated heterocycles. The Bertz CT molecular complexity index is 856. The average Bonchev–Trinajstić information content (AvgIpc) is 2.50. The van der Waals surface area contributed by atoms with Gasteiger partial charge in [-0.05, 0) is 19.1 Å². The number of nitrogens with zero attached hydrogens (tertiary/aromatic N) is 2. The van der Waals surface area contributed by atoms with Gasteiger partial charge in [0.1, 0.15) is 11.1 Å². The molecule has 0 amide bonds. The zero-order chi connectivity index (χ0) is 16.7. The minimum absolute atomic E-state index is 0. The van der Waals surface area contributed by atoms with Crippen molar-refractivity contribution in [2.75, 3.05) is 24.5 Å². The van der Waals surface area contributed by atoms with Crippen LogP contribution >= 0.6 is 12.4 Å². The Morgan fingerprint density at radius 2 is 2.12 bits per heavy atom. The van der Waals surface area contributed by atoms with E-state index in [4.69, 9.17) is 5.11 Å². The molecular weight excluding hydrogens is 344 g/mol. The smallest absolute Gasteiger partial charge is 0.341 e. The van der Waals surface area contributed by atoms with Crippen molar-refractivity contribution in [3.8, 4) is 0 Å². The van der Waals surface area contributed by atoms with Gasteiger partial charge in [0.05, 0.1) is 17.3 Å². The first-order valence-electron chi connectivity index (χ1n) is 7.15. The van der Waals surface area contributed by atoms with Crippen LogP contribution in [-0.4, -0.2) is 41.5 Å². The van der Waals surface area contributed by atoms with Gasteiger partial charge in [0.15, 0.2) is 5.82 Å². The molecule has 1 aliphatic heterocycles. The molecular formula is C15H16ClF2N3O3. The lowest BCUT2D eigenvalue weighted by molar-refractivity contribution is 0.0693. The van der Waals surface area contributed by atoms with E-state index in [0.29, 0.717) is 25.8 Å². The fourth-order valence-electron chi connectivity index (χ4n) is 2.88. The summed E-state index contributed by atoms with van der Waals surface area (Å²) < 4.78 is 28.9. The minimum Gasteiger partial charge on any atom is -0.477 e. The minimum atomic E-state index is -1.55. The fourth-order valence-corrected chi connectivity index (χ4v) is 2.88. The molecule has 0 spiro atoms. The van der Waals surface area contributed by atoms with Crippen LogP contribution in [0.15, 0.2) is 23.1 Å². The third kappa shape index (κ3) is 2.94. The van der Waals surface area contributed by atoms with Gasteiger partial charge in [-0.2, -0.15) is 4.79 Å². The first-order valence-corrected chi connectivity index (χ1v) is 7.15. The zero-order valence-corrected chi connectivity index (χ0v) is 13.6. The number of aromatic carboxylic acids is 1. The lowest BCUT2D eigenvalue weighted by Gasteiger charge is -2.34. The summed E-state index contributed by atoms with van der Waals surface area (Å²) in [6.07, 6.45) is 0.500. The van der Waals surface area contributed by atoms with Gasteiger partial charge in [0.25, 0.3) is 0 Å². The van der Waals surface area contributed by atoms with E-state index in [1.807, 2.05) is 6.92 Å². The Morgan fingerprint density at radius 1 is 1.42 bits per heavy atom. The Labute approximate surface area is 142 Å². The predicted octanol–water partition coefficient (Wildman–Crippen LogP) is 1.79. The van der Waals surface area contributed by atoms with Crippen LogP contribution in [0.3, 0.4) is 0 Å². The molecule has 6 nitrogen and oxygen atoms in total. The molecule has 1 aromatic heterocycles. The maximum Gasteiger partial charge on any atom is 0.341 e. The van der Waals surface area contributed by atoms with Gasteiger partial charge in [-0.25, -0.2) is 9.18 Å². The van der Waals surface area contributed by atoms with Crippen LogP contribution in [0.2, 0.25) is 0 Å². The second-order valence-electron chi connectivity index (χ2n) is 5.58. The molecule has 2 heterocycles. The van der Waals surface area contributed by atoms with Gasteiger partial charge in [0.2, 0.25) is 5.43 Å². The summed E-state index contributed by atoms with van der Waals surface area (Å²) in [6.45, 7) is 3.72. The Morgan fingerprint density at radius 3 is 2.75 bits per heavy atom. The van der Waals surface area contributed by atoms with Gasteiger partial charge in [0, 0.05) is 25.7 Å². The number of aromatic nitrogens is 1. The third-order valence-corrected chi connectivity index (χ3v) is 3.98. The van der Waals surface area contributed by atoms with Crippen molar-refractivity contribution in [3.63, 3.8) is 0 Å². The van der Waals surface area contributed by atoms with Crippen molar-refractivity contribution in [1.82, 2.24) is 10.1 Å². The predicted molar refractivity (Wildman–Crippen MR) is 88.6 cm³/mol. The van der Waals surface area contributed by atoms with Crippen LogP contribution in [0.5, 0.6) is 0 Å². The van der Waals surface area contributed by atoms with Crippen LogP contribution in [0.4, 0.5) is 14.6 Å². The van der Waals surface area contributed by atoms with Crippen LogP contribution < -0.4 is 15.6 Å². The topological polar surface area (TPSA) is 74.6 Å². The maximum absolute atomic E-state index is 14.7. The highest BCUT2D eigenvalue weighted by molar-refractivity contribution is 5.93. The van der Waals surface area contributed by atoms with E-state index in [9.17, 15) is 18.5 Å². The Kier molecular flexibility index (Phi) is 5.10. The fraction of sp³-hybridized carbons (Fsp3) is 0.333. The molecule has 1 aliphatic rings. The SMILES string of the molecule is C[C@@H]1CN(c2ccc3c(=O)c(C(=O)O)cn(F)c3c2F)CCN1.Cl.